The van der Waals surface area contributed by atoms with Gasteiger partial charge in [-0.25, -0.2) is 4.79 Å². The van der Waals surface area contributed by atoms with Gasteiger partial charge in [-0.05, 0) is 19.1 Å². The highest BCUT2D eigenvalue weighted by molar-refractivity contribution is 6.67. The summed E-state index contributed by atoms with van der Waals surface area (Å²) in [5.41, 5.74) is 1.76. The minimum Gasteiger partial charge on any atom is -0.480 e. The number of aliphatic carboxylic acids is 1. The number of aryl methyl sites for hydroxylation is 1. The number of hydrogen-bond acceptors (Lipinski definition) is 2. The number of carboxylic acid groups (broad SMARTS) is 1. The molecule has 0 aliphatic carbocycles. The van der Waals surface area contributed by atoms with E-state index in [2.05, 4.69) is 5.32 Å². The Labute approximate surface area is 115 Å². The minimum atomic E-state index is -1.60. The molecular formula is C11H12Cl3NO2. The van der Waals surface area contributed by atoms with Crippen molar-refractivity contribution < 1.29 is 9.90 Å². The first-order chi connectivity index (χ1) is 7.78. The normalized spacial score (nSPS) is 13.2. The second kappa shape index (κ2) is 5.80. The van der Waals surface area contributed by atoms with Crippen LogP contribution in [0.1, 0.15) is 12.0 Å². The fourth-order valence-corrected chi connectivity index (χ4v) is 1.75. The summed E-state index contributed by atoms with van der Waals surface area (Å²) in [6.45, 7) is 1.94. The Morgan fingerprint density at radius 1 is 1.35 bits per heavy atom. The zero-order valence-electron chi connectivity index (χ0n) is 9.08. The lowest BCUT2D eigenvalue weighted by Crippen LogP contribution is -2.33. The van der Waals surface area contributed by atoms with E-state index in [-0.39, 0.29) is 6.42 Å². The molecule has 94 valence electrons. The highest BCUT2D eigenvalue weighted by Gasteiger charge is 2.29. The monoisotopic (exact) mass is 295 g/mol. The van der Waals surface area contributed by atoms with E-state index in [0.29, 0.717) is 5.69 Å². The number of carbonyl (C=O) groups is 1. The van der Waals surface area contributed by atoms with Gasteiger partial charge < -0.3 is 10.4 Å². The molecule has 0 fully saturated rings. The van der Waals surface area contributed by atoms with Gasteiger partial charge in [0.05, 0.1) is 0 Å². The van der Waals surface area contributed by atoms with Crippen molar-refractivity contribution in [2.24, 2.45) is 0 Å². The van der Waals surface area contributed by atoms with Crippen molar-refractivity contribution in [3.63, 3.8) is 0 Å². The Hall–Kier alpha value is -0.640. The molecule has 17 heavy (non-hydrogen) atoms. The Morgan fingerprint density at radius 3 is 2.29 bits per heavy atom. The summed E-state index contributed by atoms with van der Waals surface area (Å²) in [6, 6.07) is 6.37. The van der Waals surface area contributed by atoms with Gasteiger partial charge in [-0.3, -0.25) is 0 Å². The summed E-state index contributed by atoms with van der Waals surface area (Å²) < 4.78 is -1.60. The molecule has 1 aromatic rings. The van der Waals surface area contributed by atoms with Crippen LogP contribution in [0.5, 0.6) is 0 Å². The number of anilines is 1. The smallest absolute Gasteiger partial charge is 0.326 e. The van der Waals surface area contributed by atoms with Gasteiger partial charge in [0.1, 0.15) is 6.04 Å². The average Bonchev–Trinajstić information content (AvgIpc) is 2.18. The molecule has 0 spiro atoms. The number of nitrogens with one attached hydrogen (secondary N) is 1. The molecule has 1 aromatic carbocycles. The van der Waals surface area contributed by atoms with E-state index in [9.17, 15) is 4.79 Å². The second-order valence-corrected chi connectivity index (χ2v) is 6.24. The molecule has 1 unspecified atom stereocenters. The zero-order valence-corrected chi connectivity index (χ0v) is 11.4. The fraction of sp³-hybridized carbons (Fsp3) is 0.364. The van der Waals surface area contributed by atoms with E-state index in [1.54, 1.807) is 12.1 Å². The molecule has 2 N–H and O–H groups in total. The maximum Gasteiger partial charge on any atom is 0.326 e. The van der Waals surface area contributed by atoms with Crippen LogP contribution in [0, 0.1) is 6.92 Å². The number of hydrogen-bond donors (Lipinski definition) is 2. The maximum absolute atomic E-state index is 11.0. The summed E-state index contributed by atoms with van der Waals surface area (Å²) in [5, 5.41) is 11.8. The fourth-order valence-electron chi connectivity index (χ4n) is 1.28. The Balaban J connectivity index is 2.73. The van der Waals surface area contributed by atoms with Gasteiger partial charge in [-0.15, -0.1) is 0 Å². The third-order valence-electron chi connectivity index (χ3n) is 2.13. The first-order valence-corrected chi connectivity index (χ1v) is 6.04. The van der Waals surface area contributed by atoms with Crippen molar-refractivity contribution in [1.29, 1.82) is 0 Å². The molecule has 0 amide bonds. The number of carboxylic acids is 1. The number of halogens is 3. The quantitative estimate of drug-likeness (QED) is 0.834. The van der Waals surface area contributed by atoms with Gasteiger partial charge in [0, 0.05) is 12.1 Å². The van der Waals surface area contributed by atoms with Crippen molar-refractivity contribution in [2.45, 2.75) is 23.2 Å². The SMILES string of the molecule is Cc1ccc(NC(CC(Cl)(Cl)Cl)C(=O)O)cc1. The molecule has 0 aliphatic heterocycles. The van der Waals surface area contributed by atoms with E-state index >= 15 is 0 Å². The molecule has 0 saturated heterocycles. The van der Waals surface area contributed by atoms with Crippen LogP contribution >= 0.6 is 34.8 Å². The number of alkyl halides is 3. The van der Waals surface area contributed by atoms with Crippen molar-refractivity contribution in [3.05, 3.63) is 29.8 Å². The maximum atomic E-state index is 11.0. The first kappa shape index (κ1) is 14.4. The topological polar surface area (TPSA) is 49.3 Å². The van der Waals surface area contributed by atoms with E-state index in [1.165, 1.54) is 0 Å². The molecule has 0 heterocycles. The van der Waals surface area contributed by atoms with Gasteiger partial charge in [0.15, 0.2) is 3.79 Å². The zero-order chi connectivity index (χ0) is 13.1. The van der Waals surface area contributed by atoms with Gasteiger partial charge in [-0.2, -0.15) is 0 Å². The molecule has 6 heteroatoms. The molecule has 0 saturated carbocycles. The lowest BCUT2D eigenvalue weighted by atomic mass is 10.2. The van der Waals surface area contributed by atoms with E-state index in [4.69, 9.17) is 39.9 Å². The van der Waals surface area contributed by atoms with Gasteiger partial charge in [0.2, 0.25) is 0 Å². The highest BCUT2D eigenvalue weighted by Crippen LogP contribution is 2.32. The average molecular weight is 297 g/mol. The Bertz CT molecular complexity index is 387. The minimum absolute atomic E-state index is 0.110. The largest absolute Gasteiger partial charge is 0.480 e. The first-order valence-electron chi connectivity index (χ1n) is 4.91. The Kier molecular flexibility index (Phi) is 4.92. The standard InChI is InChI=1S/C11H12Cl3NO2/c1-7-2-4-8(5-3-7)15-9(10(16)17)6-11(12,13)14/h2-5,9,15H,6H2,1H3,(H,16,17). The molecule has 0 aliphatic rings. The third kappa shape index (κ3) is 5.48. The molecule has 3 nitrogen and oxygen atoms in total. The van der Waals surface area contributed by atoms with Gasteiger partial charge in [-0.1, -0.05) is 52.5 Å². The van der Waals surface area contributed by atoms with Crippen LogP contribution in [0.4, 0.5) is 5.69 Å². The molecular weight excluding hydrogens is 284 g/mol. The predicted octanol–water partition coefficient (Wildman–Crippen LogP) is 3.62. The van der Waals surface area contributed by atoms with E-state index in [0.717, 1.165) is 5.56 Å². The number of rotatable bonds is 4. The number of benzene rings is 1. The van der Waals surface area contributed by atoms with Crippen LogP contribution in [0.25, 0.3) is 0 Å². The predicted molar refractivity (Wildman–Crippen MR) is 71.1 cm³/mol. The summed E-state index contributed by atoms with van der Waals surface area (Å²) in [5.74, 6) is -1.06. The van der Waals surface area contributed by atoms with Crippen molar-refractivity contribution in [2.75, 3.05) is 5.32 Å². The highest BCUT2D eigenvalue weighted by atomic mass is 35.6. The van der Waals surface area contributed by atoms with Gasteiger partial charge >= 0.3 is 5.97 Å². The second-order valence-electron chi connectivity index (χ2n) is 3.72. The lowest BCUT2D eigenvalue weighted by Gasteiger charge is -2.19. The third-order valence-corrected chi connectivity index (χ3v) is 2.59. The van der Waals surface area contributed by atoms with Crippen LogP contribution in [-0.4, -0.2) is 20.9 Å². The van der Waals surface area contributed by atoms with E-state index < -0.39 is 15.8 Å². The van der Waals surface area contributed by atoms with Crippen LogP contribution in [0.2, 0.25) is 0 Å². The summed E-state index contributed by atoms with van der Waals surface area (Å²) in [7, 11) is 0. The van der Waals surface area contributed by atoms with Crippen molar-refractivity contribution in [1.82, 2.24) is 0 Å². The molecule has 1 rings (SSSR count). The van der Waals surface area contributed by atoms with Crippen molar-refractivity contribution >= 4 is 46.5 Å². The van der Waals surface area contributed by atoms with Crippen molar-refractivity contribution in [3.8, 4) is 0 Å². The molecule has 1 atom stereocenters. The van der Waals surface area contributed by atoms with Crippen LogP contribution < -0.4 is 5.32 Å². The molecule has 0 radical (unpaired) electrons. The van der Waals surface area contributed by atoms with Crippen LogP contribution in [-0.2, 0) is 4.79 Å². The van der Waals surface area contributed by atoms with Crippen LogP contribution in [0.15, 0.2) is 24.3 Å². The molecule has 0 aromatic heterocycles. The van der Waals surface area contributed by atoms with Gasteiger partial charge in [0.25, 0.3) is 0 Å². The van der Waals surface area contributed by atoms with Crippen LogP contribution in [0.3, 0.4) is 0 Å². The lowest BCUT2D eigenvalue weighted by molar-refractivity contribution is -0.138. The molecule has 0 bridgehead atoms. The summed E-state index contributed by atoms with van der Waals surface area (Å²) >= 11 is 16.8. The summed E-state index contributed by atoms with van der Waals surface area (Å²) in [4.78, 5) is 11.0. The van der Waals surface area contributed by atoms with E-state index in [1.807, 2.05) is 19.1 Å². The summed E-state index contributed by atoms with van der Waals surface area (Å²) in [6.07, 6.45) is -0.110. The Morgan fingerprint density at radius 2 is 1.88 bits per heavy atom.